The van der Waals surface area contributed by atoms with Crippen molar-refractivity contribution in [2.24, 2.45) is 4.99 Å². The van der Waals surface area contributed by atoms with Gasteiger partial charge in [-0.2, -0.15) is 5.10 Å². The highest BCUT2D eigenvalue weighted by Gasteiger charge is 2.43. The van der Waals surface area contributed by atoms with Crippen LogP contribution in [0.1, 0.15) is 30.9 Å². The van der Waals surface area contributed by atoms with Gasteiger partial charge in [-0.1, -0.05) is 42.5 Å². The number of aliphatic imine (C=N–C) groups is 1. The number of halogens is 1. The lowest BCUT2D eigenvalue weighted by Gasteiger charge is -2.19. The molecule has 29 heavy (non-hydrogen) atoms. The Morgan fingerprint density at radius 2 is 1.83 bits per heavy atom. The Balaban J connectivity index is 0.00000240. The molecule has 1 fully saturated rings. The second kappa shape index (κ2) is 9.87. The highest BCUT2D eigenvalue weighted by Crippen LogP contribution is 2.47. The van der Waals surface area contributed by atoms with E-state index in [0.717, 1.165) is 30.3 Å². The van der Waals surface area contributed by atoms with Crippen molar-refractivity contribution >= 4 is 29.9 Å². The van der Waals surface area contributed by atoms with Gasteiger partial charge >= 0.3 is 0 Å². The van der Waals surface area contributed by atoms with Crippen LogP contribution in [0.25, 0.3) is 5.69 Å². The molecule has 152 valence electrons. The summed E-state index contributed by atoms with van der Waals surface area (Å²) in [7, 11) is 0. The smallest absolute Gasteiger partial charge is 0.191 e. The Hall–Kier alpha value is -2.42. The van der Waals surface area contributed by atoms with E-state index in [-0.39, 0.29) is 29.4 Å². The van der Waals surface area contributed by atoms with Gasteiger partial charge in [0.1, 0.15) is 12.7 Å². The minimum atomic E-state index is 0. The maximum Gasteiger partial charge on any atom is 0.191 e. The molecular formula is C22H27IN6. The number of guanidine groups is 1. The Morgan fingerprint density at radius 1 is 1.07 bits per heavy atom. The molecule has 1 aliphatic carbocycles. The zero-order valence-electron chi connectivity index (χ0n) is 16.6. The summed E-state index contributed by atoms with van der Waals surface area (Å²) < 4.78 is 1.75. The topological polar surface area (TPSA) is 67.1 Å². The fourth-order valence-electron chi connectivity index (χ4n) is 3.37. The number of benzene rings is 2. The lowest BCUT2D eigenvalue weighted by molar-refractivity contribution is 0.646. The highest BCUT2D eigenvalue weighted by molar-refractivity contribution is 14.0. The van der Waals surface area contributed by atoms with E-state index in [9.17, 15) is 0 Å². The summed E-state index contributed by atoms with van der Waals surface area (Å²) >= 11 is 0. The number of hydrogen-bond donors (Lipinski definition) is 2. The molecule has 0 unspecified atom stereocenters. The van der Waals surface area contributed by atoms with E-state index in [1.807, 2.05) is 12.1 Å². The molecule has 0 saturated heterocycles. The van der Waals surface area contributed by atoms with E-state index in [1.54, 1.807) is 11.0 Å². The Morgan fingerprint density at radius 3 is 2.45 bits per heavy atom. The third kappa shape index (κ3) is 5.35. The van der Waals surface area contributed by atoms with E-state index in [0.29, 0.717) is 6.54 Å². The van der Waals surface area contributed by atoms with E-state index in [1.165, 1.54) is 24.7 Å². The first-order valence-electron chi connectivity index (χ1n) is 9.81. The standard InChI is InChI=1S/C22H26N6.HI/c1-2-24-21(26-15-22(12-13-22)19-6-4-3-5-7-19)25-14-18-8-10-20(11-9-18)28-17-23-16-27-28;/h3-11,16-17H,2,12-15H2,1H3,(H2,24,25,26);1H. The molecule has 6 nitrogen and oxygen atoms in total. The van der Waals surface area contributed by atoms with Crippen molar-refractivity contribution in [2.75, 3.05) is 13.1 Å². The third-order valence-electron chi connectivity index (χ3n) is 5.22. The van der Waals surface area contributed by atoms with Crippen LogP contribution < -0.4 is 10.6 Å². The molecule has 0 bridgehead atoms. The molecule has 0 atom stereocenters. The lowest BCUT2D eigenvalue weighted by Crippen LogP contribution is -2.41. The van der Waals surface area contributed by atoms with Crippen LogP contribution in [0, 0.1) is 0 Å². The molecule has 0 aliphatic heterocycles. The zero-order valence-corrected chi connectivity index (χ0v) is 18.9. The average Bonchev–Trinajstić information content (AvgIpc) is 3.34. The molecule has 2 aromatic carbocycles. The molecule has 1 heterocycles. The Kier molecular flexibility index (Phi) is 7.24. The fourth-order valence-corrected chi connectivity index (χ4v) is 3.37. The quantitative estimate of drug-likeness (QED) is 0.294. The molecule has 0 spiro atoms. The van der Waals surface area contributed by atoms with E-state index < -0.39 is 0 Å². The number of hydrogen-bond acceptors (Lipinski definition) is 3. The summed E-state index contributed by atoms with van der Waals surface area (Å²) in [4.78, 5) is 8.74. The van der Waals surface area contributed by atoms with Gasteiger partial charge in [0.05, 0.1) is 12.2 Å². The monoisotopic (exact) mass is 502 g/mol. The van der Waals surface area contributed by atoms with Crippen LogP contribution in [0.4, 0.5) is 0 Å². The normalized spacial score (nSPS) is 14.7. The summed E-state index contributed by atoms with van der Waals surface area (Å²) in [6, 6.07) is 19.0. The number of nitrogens with one attached hydrogen (secondary N) is 2. The average molecular weight is 502 g/mol. The minimum Gasteiger partial charge on any atom is -0.357 e. The first-order chi connectivity index (χ1) is 13.8. The minimum absolute atomic E-state index is 0. The maximum atomic E-state index is 4.76. The lowest BCUT2D eigenvalue weighted by atomic mass is 9.96. The Labute approximate surface area is 188 Å². The molecule has 4 rings (SSSR count). The van der Waals surface area contributed by atoms with Crippen LogP contribution >= 0.6 is 24.0 Å². The van der Waals surface area contributed by atoms with Crippen LogP contribution in [0.2, 0.25) is 0 Å². The molecule has 7 heteroatoms. The van der Waals surface area contributed by atoms with Gasteiger partial charge in [0.15, 0.2) is 5.96 Å². The van der Waals surface area contributed by atoms with Crippen molar-refractivity contribution in [1.29, 1.82) is 0 Å². The zero-order chi connectivity index (χ0) is 19.2. The SMILES string of the molecule is CCNC(=NCc1ccc(-n2cncn2)cc1)NCC1(c2ccccc2)CC1.I. The van der Waals surface area contributed by atoms with Gasteiger partial charge in [0, 0.05) is 18.5 Å². The predicted octanol–water partition coefficient (Wildman–Crippen LogP) is 3.67. The molecule has 3 aromatic rings. The number of rotatable bonds is 7. The highest BCUT2D eigenvalue weighted by atomic mass is 127. The van der Waals surface area contributed by atoms with Crippen molar-refractivity contribution in [1.82, 2.24) is 25.4 Å². The molecule has 1 aliphatic rings. The summed E-state index contributed by atoms with van der Waals surface area (Å²) in [6.45, 7) is 4.48. The van der Waals surface area contributed by atoms with Crippen molar-refractivity contribution in [2.45, 2.75) is 31.7 Å². The Bertz CT molecular complexity index is 902. The second-order valence-corrected chi connectivity index (χ2v) is 7.20. The van der Waals surface area contributed by atoms with Crippen molar-refractivity contribution in [3.63, 3.8) is 0 Å². The van der Waals surface area contributed by atoms with Crippen molar-refractivity contribution < 1.29 is 0 Å². The van der Waals surface area contributed by atoms with E-state index in [2.05, 4.69) is 70.1 Å². The molecule has 1 saturated carbocycles. The first kappa shape index (κ1) is 21.3. The third-order valence-corrected chi connectivity index (χ3v) is 5.22. The van der Waals surface area contributed by atoms with Crippen LogP contribution in [0.15, 0.2) is 72.2 Å². The van der Waals surface area contributed by atoms with Gasteiger partial charge in [-0.05, 0) is 43.0 Å². The van der Waals surface area contributed by atoms with Gasteiger partial charge in [0.25, 0.3) is 0 Å². The van der Waals surface area contributed by atoms with Crippen LogP contribution in [0.3, 0.4) is 0 Å². The van der Waals surface area contributed by atoms with E-state index >= 15 is 0 Å². The van der Waals surface area contributed by atoms with Crippen LogP contribution in [-0.4, -0.2) is 33.8 Å². The molecule has 2 N–H and O–H groups in total. The first-order valence-corrected chi connectivity index (χ1v) is 9.81. The molecular weight excluding hydrogens is 475 g/mol. The molecule has 0 radical (unpaired) electrons. The number of nitrogens with zero attached hydrogens (tertiary/aromatic N) is 4. The number of aromatic nitrogens is 3. The van der Waals surface area contributed by atoms with Crippen LogP contribution in [-0.2, 0) is 12.0 Å². The summed E-state index contributed by atoms with van der Waals surface area (Å²) in [6.07, 6.45) is 5.69. The second-order valence-electron chi connectivity index (χ2n) is 7.20. The van der Waals surface area contributed by atoms with Gasteiger partial charge in [-0.25, -0.2) is 14.7 Å². The van der Waals surface area contributed by atoms with E-state index in [4.69, 9.17) is 4.99 Å². The van der Waals surface area contributed by atoms with Crippen molar-refractivity contribution in [3.05, 3.63) is 78.4 Å². The van der Waals surface area contributed by atoms with Crippen molar-refractivity contribution in [3.8, 4) is 5.69 Å². The maximum absolute atomic E-state index is 4.76. The van der Waals surface area contributed by atoms with Crippen LogP contribution in [0.5, 0.6) is 0 Å². The largest absolute Gasteiger partial charge is 0.357 e. The summed E-state index contributed by atoms with van der Waals surface area (Å²) in [5, 5.41) is 11.0. The molecule has 1 aromatic heterocycles. The van der Waals surface area contributed by atoms with Gasteiger partial charge in [-0.15, -0.1) is 24.0 Å². The summed E-state index contributed by atoms with van der Waals surface area (Å²) in [5.41, 5.74) is 3.83. The van der Waals surface area contributed by atoms with Gasteiger partial charge < -0.3 is 10.6 Å². The van der Waals surface area contributed by atoms with Gasteiger partial charge in [-0.3, -0.25) is 0 Å². The van der Waals surface area contributed by atoms with Gasteiger partial charge in [0.2, 0.25) is 0 Å². The fraction of sp³-hybridized carbons (Fsp3) is 0.318. The molecule has 0 amide bonds. The predicted molar refractivity (Wildman–Crippen MR) is 127 cm³/mol. The summed E-state index contributed by atoms with van der Waals surface area (Å²) in [5.74, 6) is 0.866.